The zero-order chi connectivity index (χ0) is 19.6. The number of hydrogen-bond acceptors (Lipinski definition) is 4. The van der Waals surface area contributed by atoms with Crippen molar-refractivity contribution in [3.8, 4) is 0 Å². The largest absolute Gasteiger partial charge is 0.356 e. The summed E-state index contributed by atoms with van der Waals surface area (Å²) in [7, 11) is 1.87. The Kier molecular flexibility index (Phi) is 9.34. The van der Waals surface area contributed by atoms with E-state index in [1.807, 2.05) is 20.9 Å². The van der Waals surface area contributed by atoms with Gasteiger partial charge in [0.15, 0.2) is 5.96 Å². The quantitative estimate of drug-likeness (QED) is 0.506. The van der Waals surface area contributed by atoms with Crippen LogP contribution in [0.25, 0.3) is 0 Å². The van der Waals surface area contributed by atoms with Crippen molar-refractivity contribution in [1.29, 1.82) is 0 Å². The fourth-order valence-electron chi connectivity index (χ4n) is 4.00. The Balaban J connectivity index is 1.64. The van der Waals surface area contributed by atoms with Gasteiger partial charge in [-0.1, -0.05) is 6.92 Å². The molecule has 0 unspecified atom stereocenters. The van der Waals surface area contributed by atoms with E-state index in [0.29, 0.717) is 6.54 Å². The fourth-order valence-corrected chi connectivity index (χ4v) is 4.00. The van der Waals surface area contributed by atoms with Crippen molar-refractivity contribution in [3.63, 3.8) is 0 Å². The summed E-state index contributed by atoms with van der Waals surface area (Å²) in [6.45, 7) is 15.1. The summed E-state index contributed by atoms with van der Waals surface area (Å²) in [5.74, 6) is 1.97. The number of aliphatic imine (C=N–C) groups is 1. The smallest absolute Gasteiger partial charge is 0.234 e. The Morgan fingerprint density at radius 2 is 1.74 bits per heavy atom. The minimum atomic E-state index is 0.120. The molecule has 0 aromatic heterocycles. The van der Waals surface area contributed by atoms with Gasteiger partial charge in [-0.25, -0.2) is 0 Å². The number of rotatable bonds is 7. The van der Waals surface area contributed by atoms with Crippen molar-refractivity contribution in [2.24, 2.45) is 10.9 Å². The maximum absolute atomic E-state index is 11.9. The van der Waals surface area contributed by atoms with Gasteiger partial charge in [-0.2, -0.15) is 0 Å². The molecule has 2 saturated heterocycles. The second-order valence-electron chi connectivity index (χ2n) is 8.13. The fraction of sp³-hybridized carbons (Fsp3) is 0.900. The van der Waals surface area contributed by atoms with Gasteiger partial charge in [-0.3, -0.25) is 14.7 Å². The van der Waals surface area contributed by atoms with E-state index in [9.17, 15) is 4.79 Å². The Bertz CT molecular complexity index is 465. The van der Waals surface area contributed by atoms with E-state index < -0.39 is 0 Å². The number of hydrogen-bond donors (Lipinski definition) is 2. The van der Waals surface area contributed by atoms with Crippen LogP contribution >= 0.6 is 0 Å². The monoisotopic (exact) mass is 380 g/mol. The Morgan fingerprint density at radius 3 is 2.30 bits per heavy atom. The van der Waals surface area contributed by atoms with Crippen molar-refractivity contribution in [2.45, 2.75) is 46.1 Å². The minimum absolute atomic E-state index is 0.120. The molecule has 0 saturated carbocycles. The van der Waals surface area contributed by atoms with Crippen molar-refractivity contribution in [3.05, 3.63) is 0 Å². The highest BCUT2D eigenvalue weighted by molar-refractivity contribution is 5.80. The van der Waals surface area contributed by atoms with Gasteiger partial charge in [-0.05, 0) is 58.7 Å². The normalized spacial score (nSPS) is 20.9. The van der Waals surface area contributed by atoms with E-state index in [1.54, 1.807) is 0 Å². The molecule has 7 nitrogen and oxygen atoms in total. The highest BCUT2D eigenvalue weighted by Crippen LogP contribution is 2.19. The van der Waals surface area contributed by atoms with Gasteiger partial charge in [0.1, 0.15) is 0 Å². The Morgan fingerprint density at radius 1 is 1.07 bits per heavy atom. The second kappa shape index (κ2) is 11.5. The zero-order valence-corrected chi connectivity index (χ0v) is 17.8. The van der Waals surface area contributed by atoms with Crippen LogP contribution in [0.4, 0.5) is 0 Å². The third-order valence-corrected chi connectivity index (χ3v) is 5.69. The predicted molar refractivity (Wildman–Crippen MR) is 112 cm³/mol. The molecule has 0 aromatic carbocycles. The van der Waals surface area contributed by atoms with Crippen LogP contribution in [0.15, 0.2) is 4.99 Å². The summed E-state index contributed by atoms with van der Waals surface area (Å²) in [5.41, 5.74) is 0. The van der Waals surface area contributed by atoms with E-state index in [0.717, 1.165) is 44.6 Å². The maximum atomic E-state index is 11.9. The third-order valence-electron chi connectivity index (χ3n) is 5.69. The molecule has 27 heavy (non-hydrogen) atoms. The van der Waals surface area contributed by atoms with Crippen LogP contribution in [0.3, 0.4) is 0 Å². The van der Waals surface area contributed by atoms with Crippen molar-refractivity contribution in [1.82, 2.24) is 25.3 Å². The van der Waals surface area contributed by atoms with Gasteiger partial charge >= 0.3 is 0 Å². The summed E-state index contributed by atoms with van der Waals surface area (Å²) in [5, 5.41) is 6.53. The van der Waals surface area contributed by atoms with E-state index in [1.165, 1.54) is 38.9 Å². The molecule has 2 fully saturated rings. The average molecular weight is 381 g/mol. The predicted octanol–water partition coefficient (Wildman–Crippen LogP) is 0.826. The average Bonchev–Trinajstić information content (AvgIpc) is 2.66. The lowest BCUT2D eigenvalue weighted by molar-refractivity contribution is -0.123. The Hall–Kier alpha value is -1.34. The zero-order valence-electron chi connectivity index (χ0n) is 17.8. The van der Waals surface area contributed by atoms with Crippen LogP contribution < -0.4 is 10.6 Å². The van der Waals surface area contributed by atoms with Crippen molar-refractivity contribution >= 4 is 11.9 Å². The van der Waals surface area contributed by atoms with Crippen molar-refractivity contribution < 1.29 is 4.79 Å². The second-order valence-corrected chi connectivity index (χ2v) is 8.13. The number of guanidine groups is 1. The van der Waals surface area contributed by atoms with Gasteiger partial charge in [-0.15, -0.1) is 0 Å². The van der Waals surface area contributed by atoms with Crippen LogP contribution in [0.1, 0.15) is 40.0 Å². The third kappa shape index (κ3) is 7.66. The van der Waals surface area contributed by atoms with Crippen LogP contribution in [0.5, 0.6) is 0 Å². The topological polar surface area (TPSA) is 63.2 Å². The molecular weight excluding hydrogens is 340 g/mol. The molecule has 2 N–H and O–H groups in total. The number of nitrogens with zero attached hydrogens (tertiary/aromatic N) is 4. The van der Waals surface area contributed by atoms with Crippen LogP contribution in [0, 0.1) is 5.92 Å². The van der Waals surface area contributed by atoms with Gasteiger partial charge in [0.2, 0.25) is 5.91 Å². The number of carbonyl (C=O) groups excluding carboxylic acids is 1. The standard InChI is InChI=1S/C20H40N6O/c1-5-24-10-7-18(8-11-24)6-9-22-20(21-4)26-14-12-25(13-15-26)16-19(27)23-17(2)3/h17-18H,5-16H2,1-4H3,(H,21,22)(H,23,27). The summed E-state index contributed by atoms with van der Waals surface area (Å²) >= 11 is 0. The summed E-state index contributed by atoms with van der Waals surface area (Å²) in [6, 6.07) is 0.205. The first-order chi connectivity index (χ1) is 13.0. The minimum Gasteiger partial charge on any atom is -0.356 e. The van der Waals surface area contributed by atoms with Crippen LogP contribution in [-0.2, 0) is 4.79 Å². The van der Waals surface area contributed by atoms with Gasteiger partial charge in [0.05, 0.1) is 6.54 Å². The molecule has 1 amide bonds. The lowest BCUT2D eigenvalue weighted by Gasteiger charge is -2.36. The molecule has 0 radical (unpaired) electrons. The summed E-state index contributed by atoms with van der Waals surface area (Å²) in [4.78, 5) is 23.5. The number of nitrogens with one attached hydrogen (secondary N) is 2. The molecule has 0 spiro atoms. The maximum Gasteiger partial charge on any atom is 0.234 e. The molecule has 0 aliphatic carbocycles. The molecule has 0 atom stereocenters. The number of piperazine rings is 1. The number of carbonyl (C=O) groups is 1. The number of amides is 1. The van der Waals surface area contributed by atoms with Crippen LogP contribution in [0.2, 0.25) is 0 Å². The van der Waals surface area contributed by atoms with Crippen LogP contribution in [-0.4, -0.2) is 98.6 Å². The molecule has 2 aliphatic heterocycles. The summed E-state index contributed by atoms with van der Waals surface area (Å²) < 4.78 is 0. The number of piperidine rings is 1. The van der Waals surface area contributed by atoms with Crippen molar-refractivity contribution in [2.75, 3.05) is 66.0 Å². The van der Waals surface area contributed by atoms with E-state index in [-0.39, 0.29) is 11.9 Å². The van der Waals surface area contributed by atoms with Gasteiger partial charge in [0.25, 0.3) is 0 Å². The molecule has 0 aromatic rings. The molecule has 2 rings (SSSR count). The SMILES string of the molecule is CCN1CCC(CCNC(=NC)N2CCN(CC(=O)NC(C)C)CC2)CC1. The molecule has 0 bridgehead atoms. The van der Waals surface area contributed by atoms with E-state index in [4.69, 9.17) is 0 Å². The van der Waals surface area contributed by atoms with Gasteiger partial charge in [0, 0.05) is 45.8 Å². The molecular formula is C20H40N6O. The molecule has 2 heterocycles. The lowest BCUT2D eigenvalue weighted by Crippen LogP contribution is -2.54. The lowest BCUT2D eigenvalue weighted by atomic mass is 9.93. The first-order valence-corrected chi connectivity index (χ1v) is 10.7. The van der Waals surface area contributed by atoms with E-state index >= 15 is 0 Å². The number of likely N-dealkylation sites (tertiary alicyclic amines) is 1. The highest BCUT2D eigenvalue weighted by atomic mass is 16.2. The molecule has 2 aliphatic rings. The van der Waals surface area contributed by atoms with Gasteiger partial charge < -0.3 is 20.4 Å². The van der Waals surface area contributed by atoms with E-state index in [2.05, 4.69) is 37.2 Å². The molecule has 7 heteroatoms. The Labute approximate surface area is 165 Å². The summed E-state index contributed by atoms with van der Waals surface area (Å²) in [6.07, 6.45) is 3.88. The highest BCUT2D eigenvalue weighted by Gasteiger charge is 2.22. The first-order valence-electron chi connectivity index (χ1n) is 10.7. The molecule has 156 valence electrons. The first kappa shape index (κ1) is 22.0.